The highest BCUT2D eigenvalue weighted by molar-refractivity contribution is 7.18. The molecule has 0 bridgehead atoms. The summed E-state index contributed by atoms with van der Waals surface area (Å²) in [6, 6.07) is 16.6. The average Bonchev–Trinajstić information content (AvgIpc) is 3.10. The van der Waals surface area contributed by atoms with Crippen molar-refractivity contribution in [3.8, 4) is 16.3 Å². The van der Waals surface area contributed by atoms with E-state index in [-0.39, 0.29) is 5.91 Å². The van der Waals surface area contributed by atoms with Gasteiger partial charge in [-0.15, -0.1) is 10.2 Å². The highest BCUT2D eigenvalue weighted by Crippen LogP contribution is 2.26. The van der Waals surface area contributed by atoms with E-state index in [4.69, 9.17) is 16.3 Å². The predicted octanol–water partition coefficient (Wildman–Crippen LogP) is 4.65. The number of carbonyl (C=O) groups excluding carboxylic acids is 1. The summed E-state index contributed by atoms with van der Waals surface area (Å²) in [5.74, 6) is 0.335. The summed E-state index contributed by atoms with van der Waals surface area (Å²) in [5, 5.41) is 12.7. The molecule has 1 heterocycles. The average molecular weight is 374 g/mol. The molecule has 2 aromatic carbocycles. The van der Waals surface area contributed by atoms with Crippen molar-refractivity contribution in [1.82, 2.24) is 10.2 Å². The summed E-state index contributed by atoms with van der Waals surface area (Å²) in [6.45, 7) is 1.88. The number of halogens is 1. The fourth-order valence-corrected chi connectivity index (χ4v) is 3.03. The Kier molecular flexibility index (Phi) is 5.63. The molecule has 1 aromatic heterocycles. The molecule has 0 fully saturated rings. The Balaban J connectivity index is 1.66. The molecule has 0 unspecified atom stereocenters. The van der Waals surface area contributed by atoms with E-state index in [1.807, 2.05) is 37.3 Å². The molecule has 3 aromatic rings. The first-order chi connectivity index (χ1) is 12.2. The fourth-order valence-electron chi connectivity index (χ4n) is 2.16. The number of nitrogens with zero attached hydrogens (tertiary/aromatic N) is 2. The van der Waals surface area contributed by atoms with E-state index in [0.717, 1.165) is 10.6 Å². The minimum Gasteiger partial charge on any atom is -0.481 e. The van der Waals surface area contributed by atoms with Crippen molar-refractivity contribution in [2.24, 2.45) is 0 Å². The second-order valence-electron chi connectivity index (χ2n) is 5.24. The number of hydrogen-bond donors (Lipinski definition) is 1. The lowest BCUT2D eigenvalue weighted by Crippen LogP contribution is -2.32. The number of anilines is 1. The van der Waals surface area contributed by atoms with Gasteiger partial charge in [-0.25, -0.2) is 0 Å². The Morgan fingerprint density at radius 2 is 1.88 bits per heavy atom. The van der Waals surface area contributed by atoms with Crippen LogP contribution in [-0.4, -0.2) is 22.2 Å². The van der Waals surface area contributed by atoms with Crippen molar-refractivity contribution in [3.05, 3.63) is 59.6 Å². The summed E-state index contributed by atoms with van der Waals surface area (Å²) in [5.41, 5.74) is 0.963. The topological polar surface area (TPSA) is 64.1 Å². The normalized spacial score (nSPS) is 11.8. The van der Waals surface area contributed by atoms with Gasteiger partial charge in [-0.2, -0.15) is 0 Å². The lowest BCUT2D eigenvalue weighted by molar-refractivity contribution is -0.122. The standard InChI is InChI=1S/C18H16ClN3O2S/c1-2-15(24-14-10-8-13(19)9-11-14)16(23)20-18-22-21-17(25-18)12-6-4-3-5-7-12/h3-11,15H,2H2,1H3,(H,20,22,23)/t15-/m0/s1. The van der Waals surface area contributed by atoms with Gasteiger partial charge < -0.3 is 4.74 Å². The van der Waals surface area contributed by atoms with Crippen LogP contribution < -0.4 is 10.1 Å². The molecule has 0 aliphatic rings. The maximum absolute atomic E-state index is 12.4. The summed E-state index contributed by atoms with van der Waals surface area (Å²) in [6.07, 6.45) is -0.0935. The van der Waals surface area contributed by atoms with E-state index in [1.54, 1.807) is 24.3 Å². The first-order valence-electron chi connectivity index (χ1n) is 7.77. The van der Waals surface area contributed by atoms with E-state index >= 15 is 0 Å². The molecule has 0 spiro atoms. The Bertz CT molecular complexity index is 837. The van der Waals surface area contributed by atoms with Gasteiger partial charge in [0.05, 0.1) is 0 Å². The minimum absolute atomic E-state index is 0.256. The molecule has 1 N–H and O–H groups in total. The Labute approximate surface area is 154 Å². The Morgan fingerprint density at radius 3 is 2.56 bits per heavy atom. The van der Waals surface area contributed by atoms with Gasteiger partial charge in [-0.1, -0.05) is 60.2 Å². The SMILES string of the molecule is CC[C@H](Oc1ccc(Cl)cc1)C(=O)Nc1nnc(-c2ccccc2)s1. The predicted molar refractivity (Wildman–Crippen MR) is 100 cm³/mol. The van der Waals surface area contributed by atoms with Gasteiger partial charge in [-0.05, 0) is 30.7 Å². The van der Waals surface area contributed by atoms with Crippen LogP contribution in [0.4, 0.5) is 5.13 Å². The summed E-state index contributed by atoms with van der Waals surface area (Å²) in [4.78, 5) is 12.4. The maximum Gasteiger partial charge on any atom is 0.267 e. The quantitative estimate of drug-likeness (QED) is 0.682. The molecule has 0 aliphatic heterocycles. The van der Waals surface area contributed by atoms with Crippen LogP contribution in [0.15, 0.2) is 54.6 Å². The minimum atomic E-state index is -0.620. The summed E-state index contributed by atoms with van der Waals surface area (Å²) in [7, 11) is 0. The Morgan fingerprint density at radius 1 is 1.16 bits per heavy atom. The van der Waals surface area contributed by atoms with E-state index in [9.17, 15) is 4.79 Å². The molecule has 1 atom stereocenters. The molecule has 1 amide bonds. The molecular formula is C18H16ClN3O2S. The van der Waals surface area contributed by atoms with Crippen LogP contribution in [0, 0.1) is 0 Å². The smallest absolute Gasteiger partial charge is 0.267 e. The Hall–Kier alpha value is -2.44. The number of ether oxygens (including phenoxy) is 1. The third-order valence-electron chi connectivity index (χ3n) is 3.43. The number of benzene rings is 2. The van der Waals surface area contributed by atoms with Gasteiger partial charge in [0.25, 0.3) is 5.91 Å². The fraction of sp³-hybridized carbons (Fsp3) is 0.167. The molecule has 25 heavy (non-hydrogen) atoms. The number of aromatic nitrogens is 2. The second-order valence-corrected chi connectivity index (χ2v) is 6.65. The van der Waals surface area contributed by atoms with Crippen LogP contribution in [-0.2, 0) is 4.79 Å². The van der Waals surface area contributed by atoms with Gasteiger partial charge >= 0.3 is 0 Å². The van der Waals surface area contributed by atoms with Crippen molar-refractivity contribution < 1.29 is 9.53 Å². The number of carbonyl (C=O) groups is 1. The highest BCUT2D eigenvalue weighted by Gasteiger charge is 2.20. The van der Waals surface area contributed by atoms with Gasteiger partial charge in [0.1, 0.15) is 10.8 Å². The largest absolute Gasteiger partial charge is 0.481 e. The van der Waals surface area contributed by atoms with Crippen LogP contribution in [0.1, 0.15) is 13.3 Å². The zero-order chi connectivity index (χ0) is 17.6. The zero-order valence-corrected chi connectivity index (χ0v) is 15.1. The molecule has 0 saturated carbocycles. The van der Waals surface area contributed by atoms with Crippen molar-refractivity contribution in [3.63, 3.8) is 0 Å². The van der Waals surface area contributed by atoms with Crippen molar-refractivity contribution in [2.45, 2.75) is 19.4 Å². The van der Waals surface area contributed by atoms with Crippen LogP contribution in [0.25, 0.3) is 10.6 Å². The van der Waals surface area contributed by atoms with Gasteiger partial charge in [0, 0.05) is 10.6 Å². The maximum atomic E-state index is 12.4. The zero-order valence-electron chi connectivity index (χ0n) is 13.5. The van der Waals surface area contributed by atoms with Gasteiger partial charge in [0.2, 0.25) is 5.13 Å². The lowest BCUT2D eigenvalue weighted by atomic mass is 10.2. The number of hydrogen-bond acceptors (Lipinski definition) is 5. The molecule has 128 valence electrons. The molecule has 0 saturated heterocycles. The van der Waals surface area contributed by atoms with Crippen molar-refractivity contribution in [1.29, 1.82) is 0 Å². The number of rotatable bonds is 6. The monoisotopic (exact) mass is 373 g/mol. The number of nitrogens with one attached hydrogen (secondary N) is 1. The molecule has 7 heteroatoms. The summed E-state index contributed by atoms with van der Waals surface area (Å²) < 4.78 is 5.73. The van der Waals surface area contributed by atoms with Crippen LogP contribution in [0.5, 0.6) is 5.75 Å². The second kappa shape index (κ2) is 8.09. The van der Waals surface area contributed by atoms with E-state index < -0.39 is 6.10 Å². The van der Waals surface area contributed by atoms with Crippen molar-refractivity contribution >= 4 is 34.0 Å². The lowest BCUT2D eigenvalue weighted by Gasteiger charge is -2.16. The van der Waals surface area contributed by atoms with Crippen LogP contribution in [0.3, 0.4) is 0 Å². The van der Waals surface area contributed by atoms with E-state index in [1.165, 1.54) is 11.3 Å². The van der Waals surface area contributed by atoms with E-state index in [2.05, 4.69) is 15.5 Å². The van der Waals surface area contributed by atoms with Crippen LogP contribution in [0.2, 0.25) is 5.02 Å². The molecule has 0 radical (unpaired) electrons. The van der Waals surface area contributed by atoms with Crippen LogP contribution >= 0.6 is 22.9 Å². The number of amides is 1. The van der Waals surface area contributed by atoms with E-state index in [0.29, 0.717) is 22.3 Å². The molecule has 5 nitrogen and oxygen atoms in total. The first kappa shape index (κ1) is 17.4. The van der Waals surface area contributed by atoms with Gasteiger partial charge in [0.15, 0.2) is 6.10 Å². The van der Waals surface area contributed by atoms with Gasteiger partial charge in [-0.3, -0.25) is 10.1 Å². The molecular weight excluding hydrogens is 358 g/mol. The first-order valence-corrected chi connectivity index (χ1v) is 8.97. The molecule has 3 rings (SSSR count). The highest BCUT2D eigenvalue weighted by atomic mass is 35.5. The third-order valence-corrected chi connectivity index (χ3v) is 4.57. The third kappa shape index (κ3) is 4.55. The van der Waals surface area contributed by atoms with Crippen molar-refractivity contribution in [2.75, 3.05) is 5.32 Å². The summed E-state index contributed by atoms with van der Waals surface area (Å²) >= 11 is 7.18. The molecule has 0 aliphatic carbocycles.